The predicted octanol–water partition coefficient (Wildman–Crippen LogP) is 5.84. The minimum atomic E-state index is -0.696. The molecule has 0 aliphatic rings. The second-order valence-corrected chi connectivity index (χ2v) is 7.19. The van der Waals surface area contributed by atoms with Crippen molar-refractivity contribution >= 4 is 22.7 Å². The van der Waals surface area contributed by atoms with Crippen molar-refractivity contribution in [3.8, 4) is 17.1 Å². The molecule has 0 amide bonds. The summed E-state index contributed by atoms with van der Waals surface area (Å²) in [4.78, 5) is 4.81. The Kier molecular flexibility index (Phi) is 6.07. The van der Waals surface area contributed by atoms with E-state index in [9.17, 15) is 4.39 Å². The molecular weight excluding hydrogens is 407 g/mol. The van der Waals surface area contributed by atoms with E-state index in [-0.39, 0.29) is 18.1 Å². The summed E-state index contributed by atoms with van der Waals surface area (Å²) < 4.78 is 19.6. The summed E-state index contributed by atoms with van der Waals surface area (Å²) in [5.41, 5.74) is 5.43. The number of allylic oxidation sites excluding steroid dienone is 3. The first kappa shape index (κ1) is 21.0. The van der Waals surface area contributed by atoms with E-state index >= 15 is 0 Å². The number of hydrogen-bond acceptors (Lipinski definition) is 5. The molecule has 6 nitrogen and oxygen atoms in total. The Hall–Kier alpha value is -4.26. The van der Waals surface area contributed by atoms with Gasteiger partial charge >= 0.3 is 0 Å². The highest BCUT2D eigenvalue weighted by molar-refractivity contribution is 5.90. The summed E-state index contributed by atoms with van der Waals surface area (Å²) in [6.07, 6.45) is 3.76. The number of benzene rings is 2. The molecule has 2 heterocycles. The van der Waals surface area contributed by atoms with E-state index in [0.717, 1.165) is 39.5 Å². The monoisotopic (exact) mass is 428 g/mol. The Morgan fingerprint density at radius 3 is 2.75 bits per heavy atom. The van der Waals surface area contributed by atoms with Gasteiger partial charge in [-0.3, -0.25) is 0 Å². The SMILES string of the molecule is C=C(F)/C(=C\C=N\O)c1cn[nH]c1OCc1ccc(-c2nc3ccccc3cc2C)cc1. The quantitative estimate of drug-likeness (QED) is 0.168. The van der Waals surface area contributed by atoms with Crippen LogP contribution >= 0.6 is 0 Å². The number of aryl methyl sites for hydroxylation is 1. The minimum absolute atomic E-state index is 0.111. The molecule has 0 spiro atoms. The predicted molar refractivity (Wildman–Crippen MR) is 123 cm³/mol. The second-order valence-electron chi connectivity index (χ2n) is 7.19. The van der Waals surface area contributed by atoms with Crippen LogP contribution in [0.5, 0.6) is 5.88 Å². The average molecular weight is 428 g/mol. The normalized spacial score (nSPS) is 11.9. The molecule has 0 saturated heterocycles. The van der Waals surface area contributed by atoms with Gasteiger partial charge in [0.15, 0.2) is 0 Å². The van der Waals surface area contributed by atoms with E-state index in [1.807, 2.05) is 42.5 Å². The molecule has 0 bridgehead atoms. The highest BCUT2D eigenvalue weighted by atomic mass is 19.1. The molecule has 0 saturated carbocycles. The third-order valence-corrected chi connectivity index (χ3v) is 5.02. The van der Waals surface area contributed by atoms with Gasteiger partial charge in [0, 0.05) is 16.5 Å². The number of oxime groups is 1. The smallest absolute Gasteiger partial charge is 0.217 e. The molecule has 0 aliphatic heterocycles. The average Bonchev–Trinajstić information content (AvgIpc) is 3.26. The first-order valence-electron chi connectivity index (χ1n) is 9.91. The largest absolute Gasteiger partial charge is 0.473 e. The Labute approximate surface area is 184 Å². The van der Waals surface area contributed by atoms with Crippen molar-refractivity contribution in [2.24, 2.45) is 5.16 Å². The van der Waals surface area contributed by atoms with Gasteiger partial charge in [0.1, 0.15) is 12.4 Å². The van der Waals surface area contributed by atoms with Gasteiger partial charge in [-0.25, -0.2) is 14.5 Å². The second kappa shape index (κ2) is 9.26. The molecule has 0 aliphatic carbocycles. The van der Waals surface area contributed by atoms with E-state index < -0.39 is 5.83 Å². The fourth-order valence-electron chi connectivity index (χ4n) is 3.44. The fourth-order valence-corrected chi connectivity index (χ4v) is 3.44. The Bertz CT molecular complexity index is 1320. The van der Waals surface area contributed by atoms with Crippen LogP contribution in [0, 0.1) is 6.92 Å². The number of H-pyrrole nitrogens is 1. The van der Waals surface area contributed by atoms with E-state index in [1.54, 1.807) is 0 Å². The van der Waals surface area contributed by atoms with Gasteiger partial charge in [0.2, 0.25) is 5.88 Å². The van der Waals surface area contributed by atoms with Crippen LogP contribution in [0.1, 0.15) is 16.7 Å². The number of nitrogens with one attached hydrogen (secondary N) is 1. The first-order valence-corrected chi connectivity index (χ1v) is 9.91. The topological polar surface area (TPSA) is 83.4 Å². The van der Waals surface area contributed by atoms with Crippen LogP contribution in [0.2, 0.25) is 0 Å². The third kappa shape index (κ3) is 4.41. The van der Waals surface area contributed by atoms with Crippen molar-refractivity contribution in [1.29, 1.82) is 0 Å². The number of pyridine rings is 1. The number of fused-ring (bicyclic) bond motifs is 1. The van der Waals surface area contributed by atoms with Crippen molar-refractivity contribution in [3.63, 3.8) is 0 Å². The van der Waals surface area contributed by atoms with Gasteiger partial charge < -0.3 is 9.94 Å². The maximum atomic E-state index is 13.8. The van der Waals surface area contributed by atoms with Crippen LogP contribution in [0.15, 0.2) is 84.4 Å². The molecule has 32 heavy (non-hydrogen) atoms. The molecule has 160 valence electrons. The van der Waals surface area contributed by atoms with Crippen LogP contribution < -0.4 is 4.74 Å². The van der Waals surface area contributed by atoms with Gasteiger partial charge in [-0.15, -0.1) is 0 Å². The molecule has 4 aromatic rings. The van der Waals surface area contributed by atoms with Crippen LogP contribution in [0.25, 0.3) is 27.7 Å². The summed E-state index contributed by atoms with van der Waals surface area (Å²) in [7, 11) is 0. The molecule has 2 aromatic carbocycles. The zero-order valence-electron chi connectivity index (χ0n) is 17.4. The lowest BCUT2D eigenvalue weighted by Crippen LogP contribution is -1.99. The number of para-hydroxylation sites is 1. The van der Waals surface area contributed by atoms with E-state index in [2.05, 4.69) is 41.0 Å². The first-order chi connectivity index (χ1) is 15.6. The maximum absolute atomic E-state index is 13.8. The summed E-state index contributed by atoms with van der Waals surface area (Å²) in [6.45, 7) is 5.61. The van der Waals surface area contributed by atoms with Gasteiger partial charge in [0.05, 0.1) is 29.2 Å². The van der Waals surface area contributed by atoms with Gasteiger partial charge in [0.25, 0.3) is 0 Å². The van der Waals surface area contributed by atoms with E-state index in [0.29, 0.717) is 5.56 Å². The standard InChI is InChI=1S/C25H21FN4O2/c1-16-13-20-5-3-4-6-23(20)29-24(16)19-9-7-18(8-10-19)15-32-25-22(14-27-30-25)21(17(2)26)11-12-28-31/h3-14,31H,2,15H2,1H3,(H,27,30)/b21-11+,28-12+. The van der Waals surface area contributed by atoms with Crippen molar-refractivity contribution in [2.45, 2.75) is 13.5 Å². The van der Waals surface area contributed by atoms with Crippen LogP contribution in [0.4, 0.5) is 4.39 Å². The maximum Gasteiger partial charge on any atom is 0.217 e. The van der Waals surface area contributed by atoms with Crippen molar-refractivity contribution in [3.05, 3.63) is 96.0 Å². The number of aromatic nitrogens is 3. The Morgan fingerprint density at radius 2 is 2.00 bits per heavy atom. The third-order valence-electron chi connectivity index (χ3n) is 5.02. The number of ether oxygens (including phenoxy) is 1. The number of rotatable bonds is 7. The Morgan fingerprint density at radius 1 is 1.22 bits per heavy atom. The van der Waals surface area contributed by atoms with Gasteiger partial charge in [-0.1, -0.05) is 54.2 Å². The lowest BCUT2D eigenvalue weighted by Gasteiger charge is -2.10. The lowest BCUT2D eigenvalue weighted by molar-refractivity contribution is 0.292. The van der Waals surface area contributed by atoms with Crippen LogP contribution in [-0.2, 0) is 6.61 Å². The zero-order valence-corrected chi connectivity index (χ0v) is 17.4. The highest BCUT2D eigenvalue weighted by Crippen LogP contribution is 2.30. The summed E-state index contributed by atoms with van der Waals surface area (Å²) >= 11 is 0. The van der Waals surface area contributed by atoms with E-state index in [1.165, 1.54) is 12.3 Å². The lowest BCUT2D eigenvalue weighted by atomic mass is 10.0. The van der Waals surface area contributed by atoms with Gasteiger partial charge in [-0.05, 0) is 36.3 Å². The molecule has 0 fully saturated rings. The molecule has 0 radical (unpaired) electrons. The number of hydrogen-bond donors (Lipinski definition) is 2. The van der Waals surface area contributed by atoms with Crippen molar-refractivity contribution in [1.82, 2.24) is 15.2 Å². The summed E-state index contributed by atoms with van der Waals surface area (Å²) in [6, 6.07) is 18.1. The molecule has 4 rings (SSSR count). The number of halogens is 1. The molecule has 2 N–H and O–H groups in total. The number of nitrogens with zero attached hydrogens (tertiary/aromatic N) is 3. The highest BCUT2D eigenvalue weighted by Gasteiger charge is 2.14. The van der Waals surface area contributed by atoms with Crippen LogP contribution in [0.3, 0.4) is 0 Å². The minimum Gasteiger partial charge on any atom is -0.473 e. The molecule has 0 atom stereocenters. The van der Waals surface area contributed by atoms with E-state index in [4.69, 9.17) is 14.9 Å². The molecule has 7 heteroatoms. The van der Waals surface area contributed by atoms with Gasteiger partial charge in [-0.2, -0.15) is 5.10 Å². The summed E-state index contributed by atoms with van der Waals surface area (Å²) in [5.74, 6) is -0.406. The fraction of sp³-hybridized carbons (Fsp3) is 0.0800. The van der Waals surface area contributed by atoms with Crippen LogP contribution in [-0.4, -0.2) is 26.6 Å². The molecule has 2 aromatic heterocycles. The zero-order chi connectivity index (χ0) is 22.5. The van der Waals surface area contributed by atoms with Crippen molar-refractivity contribution in [2.75, 3.05) is 0 Å². The number of aromatic amines is 1. The summed E-state index contributed by atoms with van der Waals surface area (Å²) in [5, 5.41) is 19.2. The van der Waals surface area contributed by atoms with Crippen molar-refractivity contribution < 1.29 is 14.3 Å². The molecular formula is C25H21FN4O2. The Balaban J connectivity index is 1.52. The molecule has 0 unspecified atom stereocenters.